The first-order chi connectivity index (χ1) is 15.1. The molecule has 0 atom stereocenters. The van der Waals surface area contributed by atoms with Crippen molar-refractivity contribution < 1.29 is 0 Å². The highest BCUT2D eigenvalue weighted by Crippen LogP contribution is 2.12. The van der Waals surface area contributed by atoms with Crippen LogP contribution in [0.25, 0.3) is 5.69 Å². The lowest BCUT2D eigenvalue weighted by Crippen LogP contribution is -2.38. The highest BCUT2D eigenvalue weighted by atomic mass is 127. The van der Waals surface area contributed by atoms with Crippen LogP contribution in [0.5, 0.6) is 0 Å². The molecular weight excluding hydrogens is 511 g/mol. The van der Waals surface area contributed by atoms with Crippen LogP contribution in [0.2, 0.25) is 0 Å². The summed E-state index contributed by atoms with van der Waals surface area (Å²) in [6.45, 7) is 6.95. The van der Waals surface area contributed by atoms with Gasteiger partial charge in [0.2, 0.25) is 0 Å². The molecule has 3 rings (SSSR count). The highest BCUT2D eigenvalue weighted by Gasteiger charge is 2.08. The van der Waals surface area contributed by atoms with E-state index < -0.39 is 0 Å². The van der Waals surface area contributed by atoms with E-state index in [9.17, 15) is 0 Å². The van der Waals surface area contributed by atoms with E-state index in [-0.39, 0.29) is 24.0 Å². The first-order valence-electron chi connectivity index (χ1n) is 10.9. The number of aliphatic imine (C=N–C) groups is 1. The predicted molar refractivity (Wildman–Crippen MR) is 144 cm³/mol. The maximum atomic E-state index is 4.37. The Morgan fingerprint density at radius 2 is 1.75 bits per heavy atom. The van der Waals surface area contributed by atoms with Crippen molar-refractivity contribution in [3.63, 3.8) is 0 Å². The molecule has 0 bridgehead atoms. The highest BCUT2D eigenvalue weighted by molar-refractivity contribution is 14.0. The fraction of sp³-hybridized carbons (Fsp3) is 0.360. The molecule has 0 amide bonds. The topological polar surface area (TPSA) is 57.5 Å². The van der Waals surface area contributed by atoms with Crippen molar-refractivity contribution >= 4 is 29.9 Å². The summed E-state index contributed by atoms with van der Waals surface area (Å²) in [7, 11) is 3.98. The molecule has 32 heavy (non-hydrogen) atoms. The van der Waals surface area contributed by atoms with Crippen molar-refractivity contribution in [1.82, 2.24) is 25.3 Å². The van der Waals surface area contributed by atoms with Crippen molar-refractivity contribution in [2.75, 3.05) is 20.6 Å². The number of hydrogen-bond donors (Lipinski definition) is 2. The number of nitrogens with one attached hydrogen (secondary N) is 2. The molecule has 7 heteroatoms. The van der Waals surface area contributed by atoms with E-state index in [1.165, 1.54) is 16.7 Å². The van der Waals surface area contributed by atoms with Crippen LogP contribution in [0, 0.1) is 0 Å². The van der Waals surface area contributed by atoms with Crippen LogP contribution in [-0.2, 0) is 19.5 Å². The molecule has 3 aromatic rings. The van der Waals surface area contributed by atoms with Gasteiger partial charge in [-0.25, -0.2) is 4.68 Å². The molecule has 0 aliphatic carbocycles. The molecule has 1 aromatic heterocycles. The summed E-state index contributed by atoms with van der Waals surface area (Å²) in [5.41, 5.74) is 4.99. The van der Waals surface area contributed by atoms with Gasteiger partial charge in [0.05, 0.1) is 5.69 Å². The number of guanidine groups is 1. The first-order valence-corrected chi connectivity index (χ1v) is 10.9. The third kappa shape index (κ3) is 7.63. The second-order valence-electron chi connectivity index (χ2n) is 8.00. The fourth-order valence-corrected chi connectivity index (χ4v) is 3.30. The van der Waals surface area contributed by atoms with Crippen LogP contribution >= 0.6 is 24.0 Å². The van der Waals surface area contributed by atoms with Gasteiger partial charge in [-0.3, -0.25) is 9.89 Å². The summed E-state index contributed by atoms with van der Waals surface area (Å²) in [5, 5.41) is 11.1. The molecule has 6 nitrogen and oxygen atoms in total. The van der Waals surface area contributed by atoms with Gasteiger partial charge in [0.25, 0.3) is 0 Å². The molecule has 0 unspecified atom stereocenters. The third-order valence-electron chi connectivity index (χ3n) is 5.50. The van der Waals surface area contributed by atoms with E-state index in [0.29, 0.717) is 6.04 Å². The summed E-state index contributed by atoms with van der Waals surface area (Å²) in [4.78, 5) is 6.72. The SMILES string of the molecule is CN=C(NCCc1ccc(-n2cccn2)cc1)NCc1ccccc1CN(C)C(C)C.I. The molecule has 172 valence electrons. The third-order valence-corrected chi connectivity index (χ3v) is 5.50. The van der Waals surface area contributed by atoms with Gasteiger partial charge in [-0.15, -0.1) is 24.0 Å². The van der Waals surface area contributed by atoms with Gasteiger partial charge in [-0.2, -0.15) is 5.10 Å². The minimum atomic E-state index is 0. The minimum absolute atomic E-state index is 0. The van der Waals surface area contributed by atoms with Crippen LogP contribution in [0.4, 0.5) is 0 Å². The van der Waals surface area contributed by atoms with Gasteiger partial charge in [-0.1, -0.05) is 36.4 Å². The van der Waals surface area contributed by atoms with E-state index in [1.807, 2.05) is 24.0 Å². The summed E-state index contributed by atoms with van der Waals surface area (Å²) < 4.78 is 1.87. The number of halogens is 1. The molecule has 0 aliphatic heterocycles. The Bertz CT molecular complexity index is 951. The zero-order valence-electron chi connectivity index (χ0n) is 19.5. The van der Waals surface area contributed by atoms with Crippen molar-refractivity contribution in [1.29, 1.82) is 0 Å². The molecule has 0 saturated heterocycles. The largest absolute Gasteiger partial charge is 0.356 e. The molecule has 0 aliphatic rings. The number of hydrogen-bond acceptors (Lipinski definition) is 3. The average Bonchev–Trinajstić information content (AvgIpc) is 3.32. The molecular formula is C25H35IN6. The van der Waals surface area contributed by atoms with Crippen LogP contribution in [-0.4, -0.2) is 47.3 Å². The Morgan fingerprint density at radius 1 is 1.03 bits per heavy atom. The standard InChI is InChI=1S/C25H34N6.HI/c1-20(2)30(4)19-23-9-6-5-8-22(23)18-28-25(26-3)27-16-14-21-10-12-24(13-11-21)31-17-7-15-29-31;/h5-13,15,17,20H,14,16,18-19H2,1-4H3,(H2,26,27,28);1H. The smallest absolute Gasteiger partial charge is 0.191 e. The Morgan fingerprint density at radius 3 is 2.38 bits per heavy atom. The van der Waals surface area contributed by atoms with Crippen molar-refractivity contribution in [2.24, 2.45) is 4.99 Å². The molecule has 2 N–H and O–H groups in total. The van der Waals surface area contributed by atoms with E-state index in [2.05, 4.69) is 95.1 Å². The van der Waals surface area contributed by atoms with Gasteiger partial charge >= 0.3 is 0 Å². The van der Waals surface area contributed by atoms with E-state index in [0.717, 1.165) is 37.7 Å². The first kappa shape index (κ1) is 25.9. The van der Waals surface area contributed by atoms with Gasteiger partial charge < -0.3 is 10.6 Å². The van der Waals surface area contributed by atoms with Crippen LogP contribution in [0.1, 0.15) is 30.5 Å². The lowest BCUT2D eigenvalue weighted by Gasteiger charge is -2.23. The van der Waals surface area contributed by atoms with E-state index in [4.69, 9.17) is 0 Å². The van der Waals surface area contributed by atoms with Crippen LogP contribution in [0.15, 0.2) is 72.0 Å². The van der Waals surface area contributed by atoms with Crippen molar-refractivity contribution in [3.8, 4) is 5.69 Å². The Balaban J connectivity index is 0.00000363. The maximum Gasteiger partial charge on any atom is 0.191 e. The number of nitrogens with zero attached hydrogens (tertiary/aromatic N) is 4. The molecule has 0 spiro atoms. The van der Waals surface area contributed by atoms with Crippen LogP contribution < -0.4 is 10.6 Å². The number of aromatic nitrogens is 2. The summed E-state index contributed by atoms with van der Waals surface area (Å²) in [5.74, 6) is 0.820. The van der Waals surface area contributed by atoms with Gasteiger partial charge in [0.15, 0.2) is 5.96 Å². The zero-order chi connectivity index (χ0) is 22.1. The number of benzene rings is 2. The Kier molecular flexibility index (Phi) is 10.7. The molecule has 0 saturated carbocycles. The lowest BCUT2D eigenvalue weighted by molar-refractivity contribution is 0.265. The number of rotatable bonds is 9. The van der Waals surface area contributed by atoms with Gasteiger partial charge in [0.1, 0.15) is 0 Å². The molecule has 0 fully saturated rings. The van der Waals surface area contributed by atoms with E-state index >= 15 is 0 Å². The maximum absolute atomic E-state index is 4.37. The van der Waals surface area contributed by atoms with Crippen molar-refractivity contribution in [2.45, 2.75) is 39.4 Å². The average molecular weight is 547 g/mol. The summed E-state index contributed by atoms with van der Waals surface area (Å²) >= 11 is 0. The Labute approximate surface area is 209 Å². The van der Waals surface area contributed by atoms with Crippen molar-refractivity contribution in [3.05, 3.63) is 83.7 Å². The van der Waals surface area contributed by atoms with Gasteiger partial charge in [-0.05, 0) is 62.2 Å². The summed E-state index contributed by atoms with van der Waals surface area (Å²) in [6.07, 6.45) is 4.67. The molecule has 1 heterocycles. The lowest BCUT2D eigenvalue weighted by atomic mass is 10.1. The van der Waals surface area contributed by atoms with E-state index in [1.54, 1.807) is 6.20 Å². The predicted octanol–water partition coefficient (Wildman–Crippen LogP) is 4.24. The minimum Gasteiger partial charge on any atom is -0.356 e. The zero-order valence-corrected chi connectivity index (χ0v) is 21.8. The second kappa shape index (κ2) is 13.2. The fourth-order valence-electron chi connectivity index (χ4n) is 3.30. The molecule has 0 radical (unpaired) electrons. The normalized spacial score (nSPS) is 11.5. The van der Waals surface area contributed by atoms with Crippen LogP contribution in [0.3, 0.4) is 0 Å². The summed E-state index contributed by atoms with van der Waals surface area (Å²) in [6, 6.07) is 19.5. The molecule has 2 aromatic carbocycles. The quantitative estimate of drug-likeness (QED) is 0.240. The monoisotopic (exact) mass is 546 g/mol. The second-order valence-corrected chi connectivity index (χ2v) is 8.00. The van der Waals surface area contributed by atoms with Gasteiger partial charge in [0, 0.05) is 45.1 Å². The Hall–Kier alpha value is -2.39.